The minimum Gasteiger partial charge on any atom is -0.492 e. The molecule has 0 fully saturated rings. The van der Waals surface area contributed by atoms with Gasteiger partial charge in [0.25, 0.3) is 0 Å². The van der Waals surface area contributed by atoms with Crippen molar-refractivity contribution in [3.63, 3.8) is 0 Å². The molecule has 0 amide bonds. The molecular weight excluding hydrogens is 242 g/mol. The number of benzene rings is 1. The van der Waals surface area contributed by atoms with Crippen molar-refractivity contribution < 1.29 is 14.6 Å². The zero-order chi connectivity index (χ0) is 14.5. The number of ether oxygens (including phenoxy) is 1. The zero-order valence-electron chi connectivity index (χ0n) is 12.1. The van der Waals surface area contributed by atoms with Gasteiger partial charge in [-0.05, 0) is 38.1 Å². The standard InChI is InChI=1S/C15H23NO3/c1-11(2)16-9-10-19-13-7-5-12(6-8-13)14(17)15(3,4)18/h5-8,11,16,18H,9-10H2,1-4H3. The van der Waals surface area contributed by atoms with E-state index in [-0.39, 0.29) is 5.78 Å². The number of aliphatic hydroxyl groups is 1. The number of hydrogen-bond acceptors (Lipinski definition) is 4. The number of hydrogen-bond donors (Lipinski definition) is 2. The quantitative estimate of drug-likeness (QED) is 0.585. The van der Waals surface area contributed by atoms with Crippen LogP contribution in [0.4, 0.5) is 0 Å². The van der Waals surface area contributed by atoms with Gasteiger partial charge in [-0.3, -0.25) is 4.79 Å². The lowest BCUT2D eigenvalue weighted by Gasteiger charge is -2.15. The largest absolute Gasteiger partial charge is 0.492 e. The van der Waals surface area contributed by atoms with Crippen LogP contribution in [0.25, 0.3) is 0 Å². The van der Waals surface area contributed by atoms with Crippen molar-refractivity contribution in [3.8, 4) is 5.75 Å². The second kappa shape index (κ2) is 6.68. The molecule has 0 unspecified atom stereocenters. The lowest BCUT2D eigenvalue weighted by molar-refractivity contribution is 0.0488. The molecule has 0 heterocycles. The van der Waals surface area contributed by atoms with E-state index in [1.807, 2.05) is 0 Å². The SMILES string of the molecule is CC(C)NCCOc1ccc(C(=O)C(C)(C)O)cc1. The predicted octanol–water partition coefficient (Wildman–Crippen LogP) is 2.02. The molecule has 0 aliphatic heterocycles. The fourth-order valence-electron chi connectivity index (χ4n) is 1.57. The van der Waals surface area contributed by atoms with E-state index in [0.717, 1.165) is 12.3 Å². The van der Waals surface area contributed by atoms with Crippen molar-refractivity contribution in [1.82, 2.24) is 5.32 Å². The van der Waals surface area contributed by atoms with Gasteiger partial charge in [-0.2, -0.15) is 0 Å². The van der Waals surface area contributed by atoms with Crippen LogP contribution in [-0.4, -0.2) is 35.7 Å². The summed E-state index contributed by atoms with van der Waals surface area (Å²) in [5.74, 6) is 0.429. The molecule has 0 bridgehead atoms. The summed E-state index contributed by atoms with van der Waals surface area (Å²) >= 11 is 0. The van der Waals surface area contributed by atoms with Crippen molar-refractivity contribution in [2.45, 2.75) is 39.3 Å². The van der Waals surface area contributed by atoms with Crippen LogP contribution in [0.1, 0.15) is 38.1 Å². The van der Waals surface area contributed by atoms with E-state index < -0.39 is 5.60 Å². The third-order valence-corrected chi connectivity index (χ3v) is 2.60. The third kappa shape index (κ3) is 5.41. The highest BCUT2D eigenvalue weighted by atomic mass is 16.5. The summed E-state index contributed by atoms with van der Waals surface area (Å²) in [4.78, 5) is 11.8. The molecule has 4 heteroatoms. The third-order valence-electron chi connectivity index (χ3n) is 2.60. The predicted molar refractivity (Wildman–Crippen MR) is 75.7 cm³/mol. The minimum atomic E-state index is -1.34. The Morgan fingerprint density at radius 2 is 1.89 bits per heavy atom. The van der Waals surface area contributed by atoms with Crippen LogP contribution in [0.2, 0.25) is 0 Å². The van der Waals surface area contributed by atoms with Gasteiger partial charge < -0.3 is 15.2 Å². The average Bonchev–Trinajstić information content (AvgIpc) is 2.33. The summed E-state index contributed by atoms with van der Waals surface area (Å²) in [6.45, 7) is 8.49. The van der Waals surface area contributed by atoms with Gasteiger partial charge in [-0.1, -0.05) is 13.8 Å². The van der Waals surface area contributed by atoms with E-state index in [1.165, 1.54) is 13.8 Å². The van der Waals surface area contributed by atoms with Crippen LogP contribution in [0.3, 0.4) is 0 Å². The lowest BCUT2D eigenvalue weighted by Crippen LogP contribution is -2.31. The molecule has 1 aromatic rings. The van der Waals surface area contributed by atoms with Gasteiger partial charge in [0.1, 0.15) is 18.0 Å². The van der Waals surface area contributed by atoms with Crippen LogP contribution < -0.4 is 10.1 Å². The first-order valence-corrected chi connectivity index (χ1v) is 6.54. The Morgan fingerprint density at radius 3 is 2.37 bits per heavy atom. The van der Waals surface area contributed by atoms with E-state index in [4.69, 9.17) is 4.74 Å². The average molecular weight is 265 g/mol. The summed E-state index contributed by atoms with van der Waals surface area (Å²) in [5.41, 5.74) is -0.857. The van der Waals surface area contributed by atoms with Gasteiger partial charge in [-0.25, -0.2) is 0 Å². The molecule has 0 saturated carbocycles. The Bertz CT molecular complexity index is 404. The maximum atomic E-state index is 11.8. The molecule has 2 N–H and O–H groups in total. The summed E-state index contributed by atoms with van der Waals surface area (Å²) < 4.78 is 5.54. The van der Waals surface area contributed by atoms with E-state index in [2.05, 4.69) is 19.2 Å². The maximum absolute atomic E-state index is 11.8. The van der Waals surface area contributed by atoms with Gasteiger partial charge >= 0.3 is 0 Å². The molecule has 0 aliphatic rings. The highest BCUT2D eigenvalue weighted by Crippen LogP contribution is 2.16. The molecule has 0 atom stereocenters. The first-order chi connectivity index (χ1) is 8.80. The van der Waals surface area contributed by atoms with Crippen LogP contribution >= 0.6 is 0 Å². The van der Waals surface area contributed by atoms with Gasteiger partial charge in [-0.15, -0.1) is 0 Å². The van der Waals surface area contributed by atoms with Crippen molar-refractivity contribution in [1.29, 1.82) is 0 Å². The van der Waals surface area contributed by atoms with Crippen molar-refractivity contribution in [2.24, 2.45) is 0 Å². The monoisotopic (exact) mass is 265 g/mol. The first-order valence-electron chi connectivity index (χ1n) is 6.54. The molecule has 0 aromatic heterocycles. The van der Waals surface area contributed by atoms with E-state index >= 15 is 0 Å². The highest BCUT2D eigenvalue weighted by molar-refractivity contribution is 6.01. The molecule has 0 aliphatic carbocycles. The van der Waals surface area contributed by atoms with Gasteiger partial charge in [0.2, 0.25) is 0 Å². The minimum absolute atomic E-state index is 0.291. The number of Topliss-reactive ketones (excluding diaryl/α,β-unsaturated/α-hetero) is 1. The van der Waals surface area contributed by atoms with Crippen molar-refractivity contribution in [3.05, 3.63) is 29.8 Å². The number of carbonyl (C=O) groups excluding carboxylic acids is 1. The Labute approximate surface area is 114 Å². The first kappa shape index (κ1) is 15.7. The van der Waals surface area contributed by atoms with Crippen molar-refractivity contribution in [2.75, 3.05) is 13.2 Å². The molecular formula is C15H23NO3. The second-order valence-corrected chi connectivity index (χ2v) is 5.37. The second-order valence-electron chi connectivity index (χ2n) is 5.37. The fraction of sp³-hybridized carbons (Fsp3) is 0.533. The van der Waals surface area contributed by atoms with Gasteiger partial charge in [0.15, 0.2) is 5.78 Å². The summed E-state index contributed by atoms with van der Waals surface area (Å²) in [6.07, 6.45) is 0. The number of nitrogens with one attached hydrogen (secondary N) is 1. The van der Waals surface area contributed by atoms with Gasteiger partial charge in [0, 0.05) is 18.2 Å². The summed E-state index contributed by atoms with van der Waals surface area (Å²) in [5, 5.41) is 12.9. The number of ketones is 1. The van der Waals surface area contributed by atoms with E-state index in [1.54, 1.807) is 24.3 Å². The summed E-state index contributed by atoms with van der Waals surface area (Å²) in [6, 6.07) is 7.27. The fourth-order valence-corrected chi connectivity index (χ4v) is 1.57. The maximum Gasteiger partial charge on any atom is 0.193 e. The molecule has 1 rings (SSSR count). The smallest absolute Gasteiger partial charge is 0.193 e. The van der Waals surface area contributed by atoms with E-state index in [0.29, 0.717) is 18.2 Å². The van der Waals surface area contributed by atoms with Gasteiger partial charge in [0.05, 0.1) is 0 Å². The lowest BCUT2D eigenvalue weighted by atomic mass is 9.97. The Morgan fingerprint density at radius 1 is 1.32 bits per heavy atom. The topological polar surface area (TPSA) is 58.6 Å². The Hall–Kier alpha value is -1.39. The van der Waals surface area contributed by atoms with Crippen LogP contribution in [0.15, 0.2) is 24.3 Å². The molecule has 106 valence electrons. The molecule has 4 nitrogen and oxygen atoms in total. The van der Waals surface area contributed by atoms with Crippen LogP contribution in [-0.2, 0) is 0 Å². The molecule has 0 spiro atoms. The molecule has 0 saturated heterocycles. The van der Waals surface area contributed by atoms with E-state index in [9.17, 15) is 9.90 Å². The molecule has 0 radical (unpaired) electrons. The Balaban J connectivity index is 2.50. The number of rotatable bonds is 7. The summed E-state index contributed by atoms with van der Waals surface area (Å²) in [7, 11) is 0. The van der Waals surface area contributed by atoms with Crippen LogP contribution in [0.5, 0.6) is 5.75 Å². The van der Waals surface area contributed by atoms with Crippen LogP contribution in [0, 0.1) is 0 Å². The molecule has 1 aromatic carbocycles. The normalized spacial score (nSPS) is 11.7. The highest BCUT2D eigenvalue weighted by Gasteiger charge is 2.24. The Kier molecular flexibility index (Phi) is 5.51. The number of carbonyl (C=O) groups is 1. The zero-order valence-corrected chi connectivity index (χ0v) is 12.1. The van der Waals surface area contributed by atoms with Crippen molar-refractivity contribution >= 4 is 5.78 Å². The molecule has 19 heavy (non-hydrogen) atoms.